The zero-order valence-electron chi connectivity index (χ0n) is 16.8. The highest BCUT2D eigenvalue weighted by Gasteiger charge is 2.35. The van der Waals surface area contributed by atoms with Gasteiger partial charge in [0.2, 0.25) is 11.8 Å². The van der Waals surface area contributed by atoms with E-state index in [9.17, 15) is 5.26 Å². The molecule has 30 heavy (non-hydrogen) atoms. The summed E-state index contributed by atoms with van der Waals surface area (Å²) >= 11 is 1.67. The molecule has 2 heterocycles. The summed E-state index contributed by atoms with van der Waals surface area (Å²) in [6.07, 6.45) is 2.98. The van der Waals surface area contributed by atoms with Crippen LogP contribution < -0.4 is 15.2 Å². The number of thioether (sulfide) groups is 1. The minimum Gasteiger partial charge on any atom is -0.494 e. The molecule has 6 nitrogen and oxygen atoms in total. The molecular formula is C23H22N4O2S. The third-order valence-electron chi connectivity index (χ3n) is 5.00. The molecule has 0 amide bonds. The van der Waals surface area contributed by atoms with Crippen LogP contribution in [0.2, 0.25) is 0 Å². The lowest BCUT2D eigenvalue weighted by atomic mass is 9.83. The maximum Gasteiger partial charge on any atom is 0.244 e. The third kappa shape index (κ3) is 3.62. The van der Waals surface area contributed by atoms with Gasteiger partial charge in [-0.05, 0) is 54.6 Å². The summed E-state index contributed by atoms with van der Waals surface area (Å²) in [6, 6.07) is 18.2. The minimum absolute atomic E-state index is 0.0882. The molecule has 1 atom stereocenters. The van der Waals surface area contributed by atoms with Crippen molar-refractivity contribution in [2.45, 2.75) is 24.2 Å². The maximum absolute atomic E-state index is 9.82. The van der Waals surface area contributed by atoms with Crippen LogP contribution in [0.4, 0.5) is 0 Å². The van der Waals surface area contributed by atoms with Crippen molar-refractivity contribution in [2.24, 2.45) is 5.73 Å². The largest absolute Gasteiger partial charge is 0.494 e. The first-order valence-electron chi connectivity index (χ1n) is 9.69. The molecular weight excluding hydrogens is 396 g/mol. The number of nitrogens with zero attached hydrogens (tertiary/aromatic N) is 2. The number of allylic oxidation sites excluding steroid dienone is 1. The van der Waals surface area contributed by atoms with Gasteiger partial charge in [0.1, 0.15) is 17.4 Å². The normalized spacial score (nSPS) is 15.3. The van der Waals surface area contributed by atoms with Crippen LogP contribution in [0.1, 0.15) is 30.4 Å². The molecule has 0 aliphatic carbocycles. The standard InChI is InChI=1S/C23H22N4O2S/c1-3-12-28-16-8-4-15(5-9-16)21-20-19(14-6-10-17(30-2)11-7-14)18(13-24)22(25)29-23(20)27-26-21/h4-11,19H,3,12,25H2,1-2H3,(H,26,27)/t19-/m0/s1. The molecule has 0 bridgehead atoms. The van der Waals surface area contributed by atoms with E-state index in [1.54, 1.807) is 11.8 Å². The van der Waals surface area contributed by atoms with E-state index in [4.69, 9.17) is 15.2 Å². The van der Waals surface area contributed by atoms with Gasteiger partial charge in [0.05, 0.1) is 23.8 Å². The first-order valence-corrected chi connectivity index (χ1v) is 10.9. The van der Waals surface area contributed by atoms with Gasteiger partial charge < -0.3 is 15.2 Å². The lowest BCUT2D eigenvalue weighted by Crippen LogP contribution is -2.20. The quantitative estimate of drug-likeness (QED) is 0.558. The average Bonchev–Trinajstić information content (AvgIpc) is 3.20. The second kappa shape index (κ2) is 8.56. The van der Waals surface area contributed by atoms with Crippen LogP contribution >= 0.6 is 11.8 Å². The van der Waals surface area contributed by atoms with E-state index >= 15 is 0 Å². The lowest BCUT2D eigenvalue weighted by molar-refractivity contribution is 0.317. The Morgan fingerprint density at radius 3 is 2.57 bits per heavy atom. The van der Waals surface area contributed by atoms with Crippen LogP contribution in [0, 0.1) is 11.3 Å². The second-order valence-corrected chi connectivity index (χ2v) is 7.77. The molecule has 1 aromatic heterocycles. The molecule has 0 saturated carbocycles. The van der Waals surface area contributed by atoms with Crippen molar-refractivity contribution >= 4 is 11.8 Å². The first-order chi connectivity index (χ1) is 14.7. The molecule has 152 valence electrons. The molecule has 2 aromatic carbocycles. The first kappa shape index (κ1) is 19.9. The molecule has 0 radical (unpaired) electrons. The van der Waals surface area contributed by atoms with Gasteiger partial charge in [-0.2, -0.15) is 5.26 Å². The summed E-state index contributed by atoms with van der Waals surface area (Å²) in [5, 5.41) is 17.2. The Morgan fingerprint density at radius 1 is 1.20 bits per heavy atom. The predicted molar refractivity (Wildman–Crippen MR) is 117 cm³/mol. The molecule has 0 unspecified atom stereocenters. The summed E-state index contributed by atoms with van der Waals surface area (Å²) < 4.78 is 11.4. The molecule has 1 aliphatic rings. The van der Waals surface area contributed by atoms with Crippen LogP contribution in [-0.2, 0) is 0 Å². The summed E-state index contributed by atoms with van der Waals surface area (Å²) in [7, 11) is 0. The van der Waals surface area contributed by atoms with Crippen LogP contribution in [0.5, 0.6) is 11.6 Å². The van der Waals surface area contributed by atoms with Crippen molar-refractivity contribution < 1.29 is 9.47 Å². The summed E-state index contributed by atoms with van der Waals surface area (Å²) in [5.74, 6) is 0.938. The van der Waals surface area contributed by atoms with Crippen molar-refractivity contribution in [1.29, 1.82) is 5.26 Å². The molecule has 7 heteroatoms. The molecule has 0 saturated heterocycles. The van der Waals surface area contributed by atoms with Crippen LogP contribution in [0.15, 0.2) is 64.9 Å². The van der Waals surface area contributed by atoms with Crippen LogP contribution in [0.3, 0.4) is 0 Å². The highest BCUT2D eigenvalue weighted by molar-refractivity contribution is 7.98. The van der Waals surface area contributed by atoms with E-state index in [0.29, 0.717) is 18.1 Å². The number of nitrogens with two attached hydrogens (primary N) is 1. The van der Waals surface area contributed by atoms with Gasteiger partial charge in [-0.3, -0.25) is 5.10 Å². The van der Waals surface area contributed by atoms with Gasteiger partial charge in [0.25, 0.3) is 0 Å². The number of aromatic amines is 1. The number of nitriles is 1. The fraction of sp³-hybridized carbons (Fsp3) is 0.217. The van der Waals surface area contributed by atoms with Crippen molar-refractivity contribution in [2.75, 3.05) is 12.9 Å². The van der Waals surface area contributed by atoms with E-state index in [1.165, 1.54) is 0 Å². The molecule has 0 spiro atoms. The predicted octanol–water partition coefficient (Wildman–Crippen LogP) is 4.81. The summed E-state index contributed by atoms with van der Waals surface area (Å²) in [4.78, 5) is 1.15. The Morgan fingerprint density at radius 2 is 1.93 bits per heavy atom. The van der Waals surface area contributed by atoms with E-state index in [1.807, 2.05) is 54.8 Å². The highest BCUT2D eigenvalue weighted by Crippen LogP contribution is 2.45. The Bertz CT molecular complexity index is 1110. The summed E-state index contributed by atoms with van der Waals surface area (Å²) in [6.45, 7) is 2.75. The monoisotopic (exact) mass is 418 g/mol. The lowest BCUT2D eigenvalue weighted by Gasteiger charge is -2.24. The van der Waals surface area contributed by atoms with E-state index < -0.39 is 0 Å². The maximum atomic E-state index is 9.82. The van der Waals surface area contributed by atoms with Gasteiger partial charge in [0.15, 0.2) is 0 Å². The number of H-pyrrole nitrogens is 1. The number of hydrogen-bond donors (Lipinski definition) is 2. The molecule has 3 aromatic rings. The Kier molecular flexibility index (Phi) is 5.68. The SMILES string of the molecule is CCCOc1ccc(-c2[nH]nc3c2[C@@H](c2ccc(SC)cc2)C(C#N)=C(N)O3)cc1. The van der Waals surface area contributed by atoms with E-state index in [0.717, 1.165) is 39.5 Å². The van der Waals surface area contributed by atoms with Gasteiger partial charge in [-0.25, -0.2) is 0 Å². The van der Waals surface area contributed by atoms with Crippen molar-refractivity contribution in [3.8, 4) is 29.0 Å². The fourth-order valence-corrected chi connectivity index (χ4v) is 3.94. The smallest absolute Gasteiger partial charge is 0.244 e. The highest BCUT2D eigenvalue weighted by atomic mass is 32.2. The van der Waals surface area contributed by atoms with Crippen LogP contribution in [0.25, 0.3) is 11.3 Å². The zero-order chi connectivity index (χ0) is 21.1. The zero-order valence-corrected chi connectivity index (χ0v) is 17.6. The number of aromatic nitrogens is 2. The minimum atomic E-state index is -0.362. The number of rotatable bonds is 6. The third-order valence-corrected chi connectivity index (χ3v) is 5.75. The van der Waals surface area contributed by atoms with Gasteiger partial charge >= 0.3 is 0 Å². The van der Waals surface area contributed by atoms with E-state index in [-0.39, 0.29) is 11.8 Å². The Labute approximate surface area is 179 Å². The van der Waals surface area contributed by atoms with Crippen LogP contribution in [-0.4, -0.2) is 23.1 Å². The average molecular weight is 419 g/mol. The van der Waals surface area contributed by atoms with Gasteiger partial charge in [-0.15, -0.1) is 16.9 Å². The Hall–Kier alpha value is -3.37. The molecule has 0 fully saturated rings. The number of benzene rings is 2. The number of fused-ring (bicyclic) bond motifs is 1. The number of ether oxygens (including phenoxy) is 2. The van der Waals surface area contributed by atoms with Crippen molar-refractivity contribution in [3.63, 3.8) is 0 Å². The molecule has 3 N–H and O–H groups in total. The van der Waals surface area contributed by atoms with Gasteiger partial charge in [-0.1, -0.05) is 19.1 Å². The Balaban J connectivity index is 1.79. The topological polar surface area (TPSA) is 97.0 Å². The summed E-state index contributed by atoms with van der Waals surface area (Å²) in [5.41, 5.74) is 9.94. The number of hydrogen-bond acceptors (Lipinski definition) is 6. The fourth-order valence-electron chi connectivity index (χ4n) is 3.53. The molecule has 4 rings (SSSR count). The second-order valence-electron chi connectivity index (χ2n) is 6.89. The van der Waals surface area contributed by atoms with Gasteiger partial charge in [0, 0.05) is 10.5 Å². The van der Waals surface area contributed by atoms with E-state index in [2.05, 4.69) is 23.2 Å². The van der Waals surface area contributed by atoms with Crippen molar-refractivity contribution in [3.05, 3.63) is 71.1 Å². The van der Waals surface area contributed by atoms with Crippen molar-refractivity contribution in [1.82, 2.24) is 10.2 Å². The molecule has 1 aliphatic heterocycles. The number of nitrogens with one attached hydrogen (secondary N) is 1.